The van der Waals surface area contributed by atoms with Crippen LogP contribution in [0.15, 0.2) is 0 Å². The van der Waals surface area contributed by atoms with Crippen molar-refractivity contribution in [3.63, 3.8) is 0 Å². The molecule has 20 heavy (non-hydrogen) atoms. The maximum Gasteiger partial charge on any atom is 0.410 e. The summed E-state index contributed by atoms with van der Waals surface area (Å²) in [6.07, 6.45) is 3.96. The van der Waals surface area contributed by atoms with Crippen LogP contribution in [0.4, 0.5) is 4.79 Å². The molecule has 1 aliphatic rings. The summed E-state index contributed by atoms with van der Waals surface area (Å²) in [5.74, 6) is 0.900. The van der Waals surface area contributed by atoms with E-state index in [9.17, 15) is 9.90 Å². The van der Waals surface area contributed by atoms with Gasteiger partial charge in [-0.2, -0.15) is 0 Å². The van der Waals surface area contributed by atoms with Gasteiger partial charge >= 0.3 is 6.09 Å². The van der Waals surface area contributed by atoms with E-state index in [1.54, 1.807) is 4.90 Å². The Balaban J connectivity index is 2.65. The molecule has 1 amide bonds. The van der Waals surface area contributed by atoms with Gasteiger partial charge in [0.2, 0.25) is 0 Å². The largest absolute Gasteiger partial charge is 0.444 e. The molecular weight excluding hydrogens is 254 g/mol. The first-order valence-corrected chi connectivity index (χ1v) is 7.65. The number of carbonyl (C=O) groups is 1. The highest BCUT2D eigenvalue weighted by atomic mass is 16.6. The molecule has 118 valence electrons. The first-order chi connectivity index (χ1) is 9.08. The van der Waals surface area contributed by atoms with Crippen LogP contribution in [0.2, 0.25) is 0 Å². The minimum atomic E-state index is -0.462. The molecule has 4 heteroatoms. The zero-order valence-corrected chi connectivity index (χ0v) is 13.9. The lowest BCUT2D eigenvalue weighted by Crippen LogP contribution is -2.52. The average Bonchev–Trinajstić information content (AvgIpc) is 2.35. The van der Waals surface area contributed by atoms with Gasteiger partial charge in [-0.25, -0.2) is 4.79 Å². The van der Waals surface area contributed by atoms with Crippen LogP contribution >= 0.6 is 0 Å². The van der Waals surface area contributed by atoms with Gasteiger partial charge in [0.05, 0.1) is 0 Å². The molecule has 0 saturated heterocycles. The second-order valence-corrected chi connectivity index (χ2v) is 7.59. The molecule has 1 N–H and O–H groups in total. The Hall–Kier alpha value is -0.770. The highest BCUT2D eigenvalue weighted by molar-refractivity contribution is 5.68. The van der Waals surface area contributed by atoms with Crippen molar-refractivity contribution in [1.29, 1.82) is 0 Å². The van der Waals surface area contributed by atoms with Crippen LogP contribution < -0.4 is 0 Å². The number of hydrogen-bond acceptors (Lipinski definition) is 3. The third kappa shape index (κ3) is 4.37. The summed E-state index contributed by atoms with van der Waals surface area (Å²) in [5.41, 5.74) is -0.682. The molecule has 1 fully saturated rings. The normalized spacial score (nSPS) is 24.4. The van der Waals surface area contributed by atoms with Gasteiger partial charge < -0.3 is 14.7 Å². The highest BCUT2D eigenvalue weighted by Crippen LogP contribution is 2.38. The fourth-order valence-corrected chi connectivity index (χ4v) is 2.89. The van der Waals surface area contributed by atoms with E-state index in [4.69, 9.17) is 4.74 Å². The van der Waals surface area contributed by atoms with Crippen LogP contribution in [-0.2, 0) is 4.74 Å². The summed E-state index contributed by atoms with van der Waals surface area (Å²) >= 11 is 0. The Kier molecular flexibility index (Phi) is 5.47. The lowest BCUT2D eigenvalue weighted by atomic mass is 9.73. The van der Waals surface area contributed by atoms with Gasteiger partial charge in [-0.15, -0.1) is 0 Å². The summed E-state index contributed by atoms with van der Waals surface area (Å²) in [6.45, 7) is 10.2. The third-order valence-corrected chi connectivity index (χ3v) is 4.64. The van der Waals surface area contributed by atoms with Crippen LogP contribution in [0.5, 0.6) is 0 Å². The second kappa shape index (κ2) is 6.33. The van der Waals surface area contributed by atoms with Gasteiger partial charge in [-0.1, -0.05) is 0 Å². The zero-order chi connectivity index (χ0) is 15.6. The van der Waals surface area contributed by atoms with Gasteiger partial charge in [-0.3, -0.25) is 0 Å². The minimum Gasteiger partial charge on any atom is -0.444 e. The first kappa shape index (κ1) is 17.3. The molecule has 0 unspecified atom stereocenters. The van der Waals surface area contributed by atoms with E-state index in [-0.39, 0.29) is 18.2 Å². The SMILES string of the molecule is CN(C(=O)OC(C)(C)C)C(C)(C)C1CCC(CO)CC1. The van der Waals surface area contributed by atoms with Crippen LogP contribution in [-0.4, -0.2) is 40.9 Å². The van der Waals surface area contributed by atoms with E-state index < -0.39 is 5.60 Å². The summed E-state index contributed by atoms with van der Waals surface area (Å²) in [5, 5.41) is 9.22. The predicted octanol–water partition coefficient (Wildman–Crippen LogP) is 3.43. The van der Waals surface area contributed by atoms with Gasteiger partial charge in [-0.05, 0) is 72.1 Å². The summed E-state index contributed by atoms with van der Waals surface area (Å²) in [4.78, 5) is 14.0. The molecule has 1 aliphatic carbocycles. The molecule has 0 aromatic carbocycles. The quantitative estimate of drug-likeness (QED) is 0.864. The van der Waals surface area contributed by atoms with E-state index in [0.29, 0.717) is 11.8 Å². The zero-order valence-electron chi connectivity index (χ0n) is 13.9. The van der Waals surface area contributed by atoms with Crippen molar-refractivity contribution in [2.75, 3.05) is 13.7 Å². The summed E-state index contributed by atoms with van der Waals surface area (Å²) < 4.78 is 5.47. The van der Waals surface area contributed by atoms with Crippen molar-refractivity contribution in [2.45, 2.75) is 71.4 Å². The van der Waals surface area contributed by atoms with Crippen LogP contribution in [0, 0.1) is 11.8 Å². The molecule has 0 spiro atoms. The highest BCUT2D eigenvalue weighted by Gasteiger charge is 2.39. The third-order valence-electron chi connectivity index (χ3n) is 4.64. The first-order valence-electron chi connectivity index (χ1n) is 7.65. The Morgan fingerprint density at radius 3 is 2.05 bits per heavy atom. The molecule has 0 heterocycles. The molecule has 0 bridgehead atoms. The van der Waals surface area contributed by atoms with Gasteiger partial charge in [0.25, 0.3) is 0 Å². The van der Waals surface area contributed by atoms with E-state index in [1.807, 2.05) is 27.8 Å². The molecule has 0 aromatic rings. The molecule has 0 atom stereocenters. The van der Waals surface area contributed by atoms with E-state index in [1.165, 1.54) is 0 Å². The molecule has 1 rings (SSSR count). The van der Waals surface area contributed by atoms with Crippen molar-refractivity contribution < 1.29 is 14.6 Å². The van der Waals surface area contributed by atoms with Crippen molar-refractivity contribution >= 4 is 6.09 Å². The minimum absolute atomic E-state index is 0.219. The van der Waals surface area contributed by atoms with Gasteiger partial charge in [0.15, 0.2) is 0 Å². The lowest BCUT2D eigenvalue weighted by molar-refractivity contribution is -0.00834. The van der Waals surface area contributed by atoms with Gasteiger partial charge in [0.1, 0.15) is 5.60 Å². The van der Waals surface area contributed by atoms with Crippen LogP contribution in [0.1, 0.15) is 60.3 Å². The number of aliphatic hydroxyl groups is 1. The van der Waals surface area contributed by atoms with Gasteiger partial charge in [0, 0.05) is 19.2 Å². The molecule has 1 saturated carbocycles. The fraction of sp³-hybridized carbons (Fsp3) is 0.938. The number of carbonyl (C=O) groups excluding carboxylic acids is 1. The predicted molar refractivity (Wildman–Crippen MR) is 80.6 cm³/mol. The second-order valence-electron chi connectivity index (χ2n) is 7.59. The van der Waals surface area contributed by atoms with Crippen molar-refractivity contribution in [2.24, 2.45) is 11.8 Å². The Morgan fingerprint density at radius 1 is 1.15 bits per heavy atom. The standard InChI is InChI=1S/C16H31NO3/c1-15(2,3)20-14(19)17(6)16(4,5)13-9-7-12(11-18)8-10-13/h12-13,18H,7-11H2,1-6H3. The fourth-order valence-electron chi connectivity index (χ4n) is 2.89. The number of hydrogen-bond donors (Lipinski definition) is 1. The monoisotopic (exact) mass is 285 g/mol. The Labute approximate surface area is 123 Å². The average molecular weight is 285 g/mol. The van der Waals surface area contributed by atoms with Crippen molar-refractivity contribution in [3.05, 3.63) is 0 Å². The number of ether oxygens (including phenoxy) is 1. The number of amides is 1. The van der Waals surface area contributed by atoms with Crippen molar-refractivity contribution in [1.82, 2.24) is 4.90 Å². The molecule has 0 radical (unpaired) electrons. The van der Waals surface area contributed by atoms with E-state index >= 15 is 0 Å². The maximum atomic E-state index is 12.2. The number of rotatable bonds is 3. The molecule has 0 aliphatic heterocycles. The molecule has 4 nitrogen and oxygen atoms in total. The topological polar surface area (TPSA) is 49.8 Å². The van der Waals surface area contributed by atoms with E-state index in [2.05, 4.69) is 13.8 Å². The molecule has 0 aromatic heterocycles. The summed E-state index contributed by atoms with van der Waals surface area (Å²) in [6, 6.07) is 0. The number of nitrogens with zero attached hydrogens (tertiary/aromatic N) is 1. The summed E-state index contributed by atoms with van der Waals surface area (Å²) in [7, 11) is 1.83. The van der Waals surface area contributed by atoms with Crippen LogP contribution in [0.25, 0.3) is 0 Å². The molecular formula is C16H31NO3. The smallest absolute Gasteiger partial charge is 0.410 e. The Bertz CT molecular complexity index is 325. The van der Waals surface area contributed by atoms with E-state index in [0.717, 1.165) is 25.7 Å². The Morgan fingerprint density at radius 2 is 1.65 bits per heavy atom. The van der Waals surface area contributed by atoms with Crippen molar-refractivity contribution in [3.8, 4) is 0 Å². The lowest BCUT2D eigenvalue weighted by Gasteiger charge is -2.45. The maximum absolute atomic E-state index is 12.2. The van der Waals surface area contributed by atoms with Crippen LogP contribution in [0.3, 0.4) is 0 Å². The number of aliphatic hydroxyl groups excluding tert-OH is 1.